The first-order chi connectivity index (χ1) is 6.72. The Morgan fingerprint density at radius 1 is 1.21 bits per heavy atom. The SMILES string of the molecule is CNc1c(NCCCOC)c(=O)c1=O. The Morgan fingerprint density at radius 2 is 1.86 bits per heavy atom. The maximum atomic E-state index is 11.1. The van der Waals surface area contributed by atoms with E-state index in [9.17, 15) is 9.59 Å². The molecule has 0 saturated heterocycles. The van der Waals surface area contributed by atoms with E-state index >= 15 is 0 Å². The first kappa shape index (κ1) is 10.7. The molecule has 0 spiro atoms. The fraction of sp³-hybridized carbons (Fsp3) is 0.556. The summed E-state index contributed by atoms with van der Waals surface area (Å²) in [6, 6.07) is 0. The van der Waals surface area contributed by atoms with Gasteiger partial charge in [0.15, 0.2) is 0 Å². The van der Waals surface area contributed by atoms with Gasteiger partial charge in [-0.1, -0.05) is 0 Å². The van der Waals surface area contributed by atoms with Crippen LogP contribution in [-0.4, -0.2) is 27.3 Å². The van der Waals surface area contributed by atoms with Gasteiger partial charge in [0.2, 0.25) is 0 Å². The Labute approximate surface area is 81.8 Å². The van der Waals surface area contributed by atoms with Crippen molar-refractivity contribution in [3.05, 3.63) is 20.4 Å². The second-order valence-electron chi connectivity index (χ2n) is 2.93. The smallest absolute Gasteiger partial charge is 0.253 e. The topological polar surface area (TPSA) is 67.4 Å². The molecule has 0 aromatic heterocycles. The van der Waals surface area contributed by atoms with Gasteiger partial charge in [0.05, 0.1) is 0 Å². The van der Waals surface area contributed by atoms with E-state index in [1.807, 2.05) is 0 Å². The molecule has 1 rings (SSSR count). The van der Waals surface area contributed by atoms with Crippen LogP contribution in [0.4, 0.5) is 11.4 Å². The largest absolute Gasteiger partial charge is 0.385 e. The van der Waals surface area contributed by atoms with E-state index in [4.69, 9.17) is 4.74 Å². The molecule has 0 saturated carbocycles. The highest BCUT2D eigenvalue weighted by Crippen LogP contribution is 2.12. The van der Waals surface area contributed by atoms with Gasteiger partial charge in [-0.15, -0.1) is 0 Å². The molecule has 0 heterocycles. The molecule has 2 N–H and O–H groups in total. The fourth-order valence-corrected chi connectivity index (χ4v) is 1.23. The fourth-order valence-electron chi connectivity index (χ4n) is 1.23. The molecule has 1 aromatic rings. The summed E-state index contributed by atoms with van der Waals surface area (Å²) in [5.41, 5.74) is -0.102. The van der Waals surface area contributed by atoms with Crippen LogP contribution >= 0.6 is 0 Å². The maximum Gasteiger partial charge on any atom is 0.253 e. The molecule has 0 bridgehead atoms. The Kier molecular flexibility index (Phi) is 3.64. The third kappa shape index (κ3) is 1.93. The van der Waals surface area contributed by atoms with Gasteiger partial charge in [0.1, 0.15) is 11.4 Å². The van der Waals surface area contributed by atoms with Crippen molar-refractivity contribution in [3.63, 3.8) is 0 Å². The summed E-state index contributed by atoms with van der Waals surface area (Å²) in [7, 11) is 3.24. The number of hydrogen-bond acceptors (Lipinski definition) is 5. The normalized spacial score (nSPS) is 10.4. The van der Waals surface area contributed by atoms with E-state index in [-0.39, 0.29) is 0 Å². The molecular weight excluding hydrogens is 184 g/mol. The highest BCUT2D eigenvalue weighted by molar-refractivity contribution is 5.73. The lowest BCUT2D eigenvalue weighted by molar-refractivity contribution is 0.198. The molecule has 0 aliphatic rings. The van der Waals surface area contributed by atoms with Crippen molar-refractivity contribution in [1.29, 1.82) is 0 Å². The van der Waals surface area contributed by atoms with E-state index in [0.717, 1.165) is 6.42 Å². The van der Waals surface area contributed by atoms with Gasteiger partial charge in [0.25, 0.3) is 10.9 Å². The second-order valence-corrected chi connectivity index (χ2v) is 2.93. The number of rotatable bonds is 6. The Hall–Kier alpha value is -1.36. The Balaban J connectivity index is 2.48. The van der Waals surface area contributed by atoms with Crippen LogP contribution in [0.25, 0.3) is 0 Å². The van der Waals surface area contributed by atoms with Gasteiger partial charge < -0.3 is 15.4 Å². The van der Waals surface area contributed by atoms with E-state index in [1.54, 1.807) is 14.2 Å². The van der Waals surface area contributed by atoms with Gasteiger partial charge in [-0.05, 0) is 6.42 Å². The minimum atomic E-state index is -0.443. The van der Waals surface area contributed by atoms with Crippen LogP contribution in [0.15, 0.2) is 9.59 Å². The molecule has 0 fully saturated rings. The zero-order valence-corrected chi connectivity index (χ0v) is 8.35. The molecule has 0 unspecified atom stereocenters. The predicted molar refractivity (Wildman–Crippen MR) is 55.9 cm³/mol. The van der Waals surface area contributed by atoms with E-state index in [1.165, 1.54) is 0 Å². The first-order valence-electron chi connectivity index (χ1n) is 4.46. The van der Waals surface area contributed by atoms with E-state index in [2.05, 4.69) is 10.6 Å². The van der Waals surface area contributed by atoms with E-state index < -0.39 is 10.9 Å². The zero-order valence-electron chi connectivity index (χ0n) is 8.35. The minimum Gasteiger partial charge on any atom is -0.385 e. The molecule has 0 radical (unpaired) electrons. The molecule has 0 amide bonds. The molecule has 78 valence electrons. The summed E-state index contributed by atoms with van der Waals surface area (Å²) < 4.78 is 4.85. The molecule has 5 heteroatoms. The molecule has 5 nitrogen and oxygen atoms in total. The van der Waals surface area contributed by atoms with Crippen LogP contribution < -0.4 is 21.5 Å². The summed E-state index contributed by atoms with van der Waals surface area (Å²) in [5.74, 6) is 0. The monoisotopic (exact) mass is 198 g/mol. The second kappa shape index (κ2) is 4.76. The number of hydrogen-bond donors (Lipinski definition) is 2. The maximum absolute atomic E-state index is 11.1. The minimum absolute atomic E-state index is 0.382. The van der Waals surface area contributed by atoms with Crippen molar-refractivity contribution in [2.45, 2.75) is 6.42 Å². The molecule has 1 aromatic carbocycles. The lowest BCUT2D eigenvalue weighted by Gasteiger charge is -2.11. The molecular formula is C9H14N2O3. The van der Waals surface area contributed by atoms with Crippen molar-refractivity contribution in [2.75, 3.05) is 37.9 Å². The van der Waals surface area contributed by atoms with Crippen molar-refractivity contribution in [1.82, 2.24) is 0 Å². The summed E-state index contributed by atoms with van der Waals surface area (Å²) in [6.45, 7) is 1.27. The summed E-state index contributed by atoms with van der Waals surface area (Å²) in [4.78, 5) is 22.0. The van der Waals surface area contributed by atoms with Gasteiger partial charge in [0, 0.05) is 27.3 Å². The molecule has 14 heavy (non-hydrogen) atoms. The van der Waals surface area contributed by atoms with Crippen LogP contribution in [0.3, 0.4) is 0 Å². The van der Waals surface area contributed by atoms with Crippen molar-refractivity contribution in [3.8, 4) is 0 Å². The predicted octanol–water partition coefficient (Wildman–Crippen LogP) is -0.227. The van der Waals surface area contributed by atoms with E-state index in [0.29, 0.717) is 24.5 Å². The average molecular weight is 198 g/mol. The summed E-state index contributed by atoms with van der Waals surface area (Å²) in [6.07, 6.45) is 0.804. The highest BCUT2D eigenvalue weighted by atomic mass is 16.5. The Bertz CT molecular complexity index is 366. The average Bonchev–Trinajstić information content (AvgIpc) is 2.21. The number of nitrogens with one attached hydrogen (secondary N) is 2. The number of anilines is 2. The van der Waals surface area contributed by atoms with Gasteiger partial charge >= 0.3 is 0 Å². The number of methoxy groups -OCH3 is 1. The molecule has 0 aliphatic carbocycles. The molecule has 0 atom stereocenters. The molecule has 0 aliphatic heterocycles. The third-order valence-electron chi connectivity index (χ3n) is 1.99. The summed E-state index contributed by atoms with van der Waals surface area (Å²) >= 11 is 0. The summed E-state index contributed by atoms with van der Waals surface area (Å²) in [5, 5.41) is 5.59. The first-order valence-corrected chi connectivity index (χ1v) is 4.46. The lowest BCUT2D eigenvalue weighted by Crippen LogP contribution is -2.37. The van der Waals surface area contributed by atoms with Crippen LogP contribution in [-0.2, 0) is 4.74 Å². The van der Waals surface area contributed by atoms with Gasteiger partial charge in [-0.2, -0.15) is 0 Å². The standard InChI is InChI=1S/C9H14N2O3/c1-10-6-7(9(13)8(6)12)11-4-3-5-14-2/h10-11H,3-5H2,1-2H3. The van der Waals surface area contributed by atoms with Crippen LogP contribution in [0.5, 0.6) is 0 Å². The lowest BCUT2D eigenvalue weighted by atomic mass is 10.2. The van der Waals surface area contributed by atoms with Gasteiger partial charge in [-0.25, -0.2) is 0 Å². The van der Waals surface area contributed by atoms with Crippen molar-refractivity contribution in [2.24, 2.45) is 0 Å². The Morgan fingerprint density at radius 3 is 2.43 bits per heavy atom. The van der Waals surface area contributed by atoms with Crippen LogP contribution in [0, 0.1) is 0 Å². The van der Waals surface area contributed by atoms with Crippen LogP contribution in [0.2, 0.25) is 0 Å². The zero-order chi connectivity index (χ0) is 10.6. The van der Waals surface area contributed by atoms with Gasteiger partial charge in [-0.3, -0.25) is 9.59 Å². The third-order valence-corrected chi connectivity index (χ3v) is 1.99. The van der Waals surface area contributed by atoms with Crippen molar-refractivity contribution < 1.29 is 4.74 Å². The highest BCUT2D eigenvalue weighted by Gasteiger charge is 2.18. The van der Waals surface area contributed by atoms with Crippen molar-refractivity contribution >= 4 is 11.4 Å². The quantitative estimate of drug-likeness (QED) is 0.488. The number of ether oxygens (including phenoxy) is 1. The van der Waals surface area contributed by atoms with Crippen LogP contribution in [0.1, 0.15) is 6.42 Å².